The molecule has 3 rings (SSSR count). The minimum atomic E-state index is -0.0446. The maximum atomic E-state index is 12.5. The van der Waals surface area contributed by atoms with Gasteiger partial charge in [0.15, 0.2) is 0 Å². The monoisotopic (exact) mass is 340 g/mol. The summed E-state index contributed by atoms with van der Waals surface area (Å²) in [6.07, 6.45) is 5.80. The lowest BCUT2D eigenvalue weighted by atomic mass is 9.96. The molecule has 2 fully saturated rings. The van der Waals surface area contributed by atoms with E-state index < -0.39 is 0 Å². The van der Waals surface area contributed by atoms with Gasteiger partial charge in [-0.25, -0.2) is 4.79 Å². The van der Waals surface area contributed by atoms with E-state index in [2.05, 4.69) is 5.32 Å². The summed E-state index contributed by atoms with van der Waals surface area (Å²) >= 11 is 0. The molecule has 25 heavy (non-hydrogen) atoms. The second kappa shape index (κ2) is 8.02. The molecule has 6 heteroatoms. The van der Waals surface area contributed by atoms with Gasteiger partial charge in [-0.1, -0.05) is 19.3 Å². The molecule has 1 saturated carbocycles. The number of piperazine rings is 1. The van der Waals surface area contributed by atoms with Crippen LogP contribution in [0.5, 0.6) is 0 Å². The highest BCUT2D eigenvalue weighted by atomic mass is 16.2. The summed E-state index contributed by atoms with van der Waals surface area (Å²) < 4.78 is 0. The highest BCUT2D eigenvalue weighted by molar-refractivity contribution is 5.94. The van der Waals surface area contributed by atoms with Gasteiger partial charge in [0, 0.05) is 37.8 Å². The van der Waals surface area contributed by atoms with Gasteiger partial charge in [-0.3, -0.25) is 4.79 Å². The number of carbonyl (C=O) groups excluding carboxylic acids is 2. The Morgan fingerprint density at radius 2 is 1.56 bits per heavy atom. The molecule has 0 unspecified atom stereocenters. The minimum Gasteiger partial charge on any atom is -0.335 e. The molecule has 1 aliphatic heterocycles. The van der Waals surface area contributed by atoms with Gasteiger partial charge in [0.1, 0.15) is 0 Å². The molecular weight excluding hydrogens is 316 g/mol. The van der Waals surface area contributed by atoms with Crippen LogP contribution in [0.3, 0.4) is 0 Å². The zero-order chi connectivity index (χ0) is 17.6. The van der Waals surface area contributed by atoms with Gasteiger partial charge in [0.05, 0.1) is 11.6 Å². The average Bonchev–Trinajstić information content (AvgIpc) is 2.68. The first-order valence-electron chi connectivity index (χ1n) is 9.02. The maximum absolute atomic E-state index is 12.5. The summed E-state index contributed by atoms with van der Waals surface area (Å²) in [5.41, 5.74) is 1.12. The topological polar surface area (TPSA) is 76.4 Å². The van der Waals surface area contributed by atoms with E-state index in [4.69, 9.17) is 5.26 Å². The second-order valence-corrected chi connectivity index (χ2v) is 6.75. The molecular formula is C19H24N4O2. The van der Waals surface area contributed by atoms with E-state index >= 15 is 0 Å². The zero-order valence-electron chi connectivity index (χ0n) is 14.4. The van der Waals surface area contributed by atoms with Crippen molar-refractivity contribution in [1.82, 2.24) is 15.1 Å². The number of nitriles is 1. The lowest BCUT2D eigenvalue weighted by molar-refractivity contribution is 0.0662. The van der Waals surface area contributed by atoms with Gasteiger partial charge in [0.2, 0.25) is 0 Å². The summed E-state index contributed by atoms with van der Waals surface area (Å²) in [7, 11) is 0. The number of carbonyl (C=O) groups is 2. The van der Waals surface area contributed by atoms with E-state index in [0.29, 0.717) is 43.3 Å². The minimum absolute atomic E-state index is 0.00243. The zero-order valence-corrected chi connectivity index (χ0v) is 14.4. The molecule has 1 aromatic rings. The number of hydrogen-bond acceptors (Lipinski definition) is 3. The van der Waals surface area contributed by atoms with Crippen LogP contribution in [0.4, 0.5) is 4.79 Å². The van der Waals surface area contributed by atoms with E-state index in [1.165, 1.54) is 19.3 Å². The summed E-state index contributed by atoms with van der Waals surface area (Å²) in [4.78, 5) is 28.5. The highest BCUT2D eigenvalue weighted by Gasteiger charge is 2.26. The third-order valence-electron chi connectivity index (χ3n) is 5.05. The van der Waals surface area contributed by atoms with Crippen LogP contribution in [-0.4, -0.2) is 54.0 Å². The van der Waals surface area contributed by atoms with Crippen molar-refractivity contribution in [1.29, 1.82) is 5.26 Å². The van der Waals surface area contributed by atoms with Crippen molar-refractivity contribution >= 4 is 11.9 Å². The fraction of sp³-hybridized carbons (Fsp3) is 0.526. The first-order chi connectivity index (χ1) is 12.2. The molecule has 3 amide bonds. The van der Waals surface area contributed by atoms with Crippen LogP contribution in [-0.2, 0) is 0 Å². The van der Waals surface area contributed by atoms with Crippen LogP contribution in [0.1, 0.15) is 48.0 Å². The van der Waals surface area contributed by atoms with Crippen LogP contribution < -0.4 is 5.32 Å². The molecule has 0 radical (unpaired) electrons. The second-order valence-electron chi connectivity index (χ2n) is 6.75. The number of urea groups is 1. The van der Waals surface area contributed by atoms with Gasteiger partial charge in [0.25, 0.3) is 5.91 Å². The van der Waals surface area contributed by atoms with Gasteiger partial charge in [-0.2, -0.15) is 5.26 Å². The summed E-state index contributed by atoms with van der Waals surface area (Å²) in [6, 6.07) is 9.03. The van der Waals surface area contributed by atoms with Crippen LogP contribution in [0.2, 0.25) is 0 Å². The molecule has 1 aliphatic carbocycles. The van der Waals surface area contributed by atoms with Gasteiger partial charge in [-0.05, 0) is 37.1 Å². The van der Waals surface area contributed by atoms with E-state index in [-0.39, 0.29) is 11.9 Å². The van der Waals surface area contributed by atoms with Crippen molar-refractivity contribution in [2.75, 3.05) is 26.2 Å². The number of nitrogens with one attached hydrogen (secondary N) is 1. The molecule has 1 saturated heterocycles. The SMILES string of the molecule is N#Cc1ccc(C(=O)N2CCN(C(=O)NC3CCCCC3)CC2)cc1. The number of hydrogen-bond donors (Lipinski definition) is 1. The largest absolute Gasteiger partial charge is 0.335 e. The summed E-state index contributed by atoms with van der Waals surface area (Å²) in [6.45, 7) is 2.19. The molecule has 1 N–H and O–H groups in total. The smallest absolute Gasteiger partial charge is 0.317 e. The average molecular weight is 340 g/mol. The quantitative estimate of drug-likeness (QED) is 0.898. The number of benzene rings is 1. The van der Waals surface area contributed by atoms with E-state index in [0.717, 1.165) is 12.8 Å². The Bertz CT molecular complexity index is 651. The highest BCUT2D eigenvalue weighted by Crippen LogP contribution is 2.18. The molecule has 0 bridgehead atoms. The Balaban J connectivity index is 1.49. The first-order valence-corrected chi connectivity index (χ1v) is 9.02. The lowest BCUT2D eigenvalue weighted by Gasteiger charge is -2.36. The Morgan fingerprint density at radius 3 is 2.16 bits per heavy atom. The van der Waals surface area contributed by atoms with Crippen LogP contribution in [0, 0.1) is 11.3 Å². The fourth-order valence-corrected chi connectivity index (χ4v) is 3.50. The maximum Gasteiger partial charge on any atom is 0.317 e. The number of rotatable bonds is 2. The Morgan fingerprint density at radius 1 is 0.960 bits per heavy atom. The molecule has 6 nitrogen and oxygen atoms in total. The number of amides is 3. The first kappa shape index (κ1) is 17.3. The third-order valence-corrected chi connectivity index (χ3v) is 5.05. The summed E-state index contributed by atoms with van der Waals surface area (Å²) in [5.74, 6) is -0.0446. The normalized spacial score (nSPS) is 18.5. The van der Waals surface area contributed by atoms with Crippen LogP contribution in [0.15, 0.2) is 24.3 Å². The summed E-state index contributed by atoms with van der Waals surface area (Å²) in [5, 5.41) is 12.0. The predicted molar refractivity (Wildman–Crippen MR) is 94.0 cm³/mol. The van der Waals surface area contributed by atoms with Crippen molar-refractivity contribution in [3.05, 3.63) is 35.4 Å². The van der Waals surface area contributed by atoms with Crippen molar-refractivity contribution in [2.45, 2.75) is 38.1 Å². The Hall–Kier alpha value is -2.55. The van der Waals surface area contributed by atoms with Gasteiger partial charge >= 0.3 is 6.03 Å². The molecule has 0 spiro atoms. The predicted octanol–water partition coefficient (Wildman–Crippen LogP) is 2.36. The van der Waals surface area contributed by atoms with E-state index in [9.17, 15) is 9.59 Å². The number of nitrogens with zero attached hydrogens (tertiary/aromatic N) is 3. The molecule has 132 valence electrons. The molecule has 2 aliphatic rings. The standard InChI is InChI=1S/C19H24N4O2/c20-14-15-6-8-16(9-7-15)18(24)22-10-12-23(13-11-22)19(25)21-17-4-2-1-3-5-17/h6-9,17H,1-5,10-13H2,(H,21,25). The lowest BCUT2D eigenvalue weighted by Crippen LogP contribution is -2.54. The van der Waals surface area contributed by atoms with Crippen molar-refractivity contribution in [3.8, 4) is 6.07 Å². The Labute approximate surface area is 148 Å². The van der Waals surface area contributed by atoms with Gasteiger partial charge in [-0.15, -0.1) is 0 Å². The van der Waals surface area contributed by atoms with Crippen LogP contribution in [0.25, 0.3) is 0 Å². The molecule has 1 heterocycles. The molecule has 0 aromatic heterocycles. The van der Waals surface area contributed by atoms with E-state index in [1.54, 1.807) is 34.1 Å². The van der Waals surface area contributed by atoms with E-state index in [1.807, 2.05) is 6.07 Å². The van der Waals surface area contributed by atoms with Crippen molar-refractivity contribution in [2.24, 2.45) is 0 Å². The van der Waals surface area contributed by atoms with Crippen LogP contribution >= 0.6 is 0 Å². The molecule has 0 atom stereocenters. The third kappa shape index (κ3) is 4.30. The van der Waals surface area contributed by atoms with Crippen molar-refractivity contribution < 1.29 is 9.59 Å². The molecule has 1 aromatic carbocycles. The fourth-order valence-electron chi connectivity index (χ4n) is 3.50. The van der Waals surface area contributed by atoms with Gasteiger partial charge < -0.3 is 15.1 Å². The Kier molecular flexibility index (Phi) is 5.54. The van der Waals surface area contributed by atoms with Crippen molar-refractivity contribution in [3.63, 3.8) is 0 Å².